The molecule has 0 bridgehead atoms. The molecular weight excluding hydrogens is 369 g/mol. The summed E-state index contributed by atoms with van der Waals surface area (Å²) in [4.78, 5) is 16.2. The minimum atomic E-state index is -0.250. The second-order valence-corrected chi connectivity index (χ2v) is 7.51. The van der Waals surface area contributed by atoms with E-state index in [0.29, 0.717) is 11.6 Å². The third kappa shape index (κ3) is 4.62. The fraction of sp³-hybridized carbons (Fsp3) is 0.409. The first-order valence-corrected chi connectivity index (χ1v) is 10.1. The van der Waals surface area contributed by atoms with E-state index in [1.54, 1.807) is 24.5 Å². The number of nitrogens with one attached hydrogen (secondary N) is 1. The Balaban J connectivity index is 1.60. The maximum absolute atomic E-state index is 13.4. The number of aryl methyl sites for hydroxylation is 1. The lowest BCUT2D eigenvalue weighted by Gasteiger charge is -2.19. The van der Waals surface area contributed by atoms with Crippen LogP contribution in [-0.2, 0) is 0 Å². The van der Waals surface area contributed by atoms with Gasteiger partial charge in [-0.25, -0.2) is 19.3 Å². The number of anilines is 1. The highest BCUT2D eigenvalue weighted by molar-refractivity contribution is 5.53. The molecule has 1 saturated heterocycles. The lowest BCUT2D eigenvalue weighted by atomic mass is 9.97. The number of oxazole rings is 1. The predicted molar refractivity (Wildman–Crippen MR) is 110 cm³/mol. The van der Waals surface area contributed by atoms with Crippen LogP contribution < -0.4 is 5.32 Å². The summed E-state index contributed by atoms with van der Waals surface area (Å²) in [6.07, 6.45) is 5.90. The van der Waals surface area contributed by atoms with Crippen molar-refractivity contribution in [1.29, 1.82) is 0 Å². The number of hydrogen-bond donors (Lipinski definition) is 1. The smallest absolute Gasteiger partial charge is 0.246 e. The molecular formula is C22H26FN5O. The first-order valence-electron chi connectivity index (χ1n) is 10.1. The van der Waals surface area contributed by atoms with Crippen LogP contribution in [0.1, 0.15) is 42.7 Å². The molecule has 1 aliphatic heterocycles. The van der Waals surface area contributed by atoms with Crippen molar-refractivity contribution >= 4 is 5.82 Å². The Bertz CT molecular complexity index is 950. The summed E-state index contributed by atoms with van der Waals surface area (Å²) in [6, 6.07) is 6.53. The standard InChI is InChI=1S/C22H26FN5O/c1-15-13-26-22(29-15)19-14-25-21(24-9-12-28-10-3-4-11-28)20(27-19)16(2)17-5-7-18(23)8-6-17/h5-8,13-14,16H,3-4,9-12H2,1-2H3,(H,24,25). The third-order valence-corrected chi connectivity index (χ3v) is 5.34. The number of halogens is 1. The maximum Gasteiger partial charge on any atom is 0.246 e. The topological polar surface area (TPSA) is 67.1 Å². The van der Waals surface area contributed by atoms with Gasteiger partial charge in [0.25, 0.3) is 0 Å². The molecule has 3 aromatic rings. The van der Waals surface area contributed by atoms with Gasteiger partial charge in [0.1, 0.15) is 23.1 Å². The molecule has 1 atom stereocenters. The predicted octanol–water partition coefficient (Wildman–Crippen LogP) is 4.24. The number of rotatable bonds is 7. The molecule has 4 rings (SSSR count). The molecule has 29 heavy (non-hydrogen) atoms. The van der Waals surface area contributed by atoms with Crippen LogP contribution in [0.25, 0.3) is 11.6 Å². The van der Waals surface area contributed by atoms with E-state index in [4.69, 9.17) is 9.40 Å². The fourth-order valence-electron chi connectivity index (χ4n) is 3.67. The van der Waals surface area contributed by atoms with E-state index in [2.05, 4.69) is 20.2 Å². The molecule has 1 N–H and O–H groups in total. The molecule has 2 aromatic heterocycles. The normalized spacial score (nSPS) is 15.6. The molecule has 7 heteroatoms. The summed E-state index contributed by atoms with van der Waals surface area (Å²) in [5.41, 5.74) is 2.36. The number of hydrogen-bond acceptors (Lipinski definition) is 6. The lowest BCUT2D eigenvalue weighted by Crippen LogP contribution is -2.26. The molecule has 6 nitrogen and oxygen atoms in total. The van der Waals surface area contributed by atoms with Crippen LogP contribution in [0.4, 0.5) is 10.2 Å². The van der Waals surface area contributed by atoms with E-state index < -0.39 is 0 Å². The molecule has 3 heterocycles. The summed E-state index contributed by atoms with van der Waals surface area (Å²) in [5.74, 6) is 1.61. The second-order valence-electron chi connectivity index (χ2n) is 7.51. The van der Waals surface area contributed by atoms with Crippen LogP contribution >= 0.6 is 0 Å². The zero-order valence-corrected chi connectivity index (χ0v) is 16.9. The monoisotopic (exact) mass is 395 g/mol. The lowest BCUT2D eigenvalue weighted by molar-refractivity contribution is 0.352. The minimum absolute atomic E-state index is 0.0617. The van der Waals surface area contributed by atoms with Gasteiger partial charge < -0.3 is 14.6 Å². The van der Waals surface area contributed by atoms with Gasteiger partial charge in [-0.2, -0.15) is 0 Å². The van der Waals surface area contributed by atoms with Gasteiger partial charge in [0, 0.05) is 19.0 Å². The Morgan fingerprint density at radius 3 is 2.59 bits per heavy atom. The third-order valence-electron chi connectivity index (χ3n) is 5.34. The summed E-state index contributed by atoms with van der Waals surface area (Å²) in [6.45, 7) is 8.00. The van der Waals surface area contributed by atoms with Crippen LogP contribution in [0.2, 0.25) is 0 Å². The Morgan fingerprint density at radius 2 is 1.90 bits per heavy atom. The quantitative estimate of drug-likeness (QED) is 0.645. The van der Waals surface area contributed by atoms with Crippen molar-refractivity contribution in [3.8, 4) is 11.6 Å². The highest BCUT2D eigenvalue weighted by Crippen LogP contribution is 2.29. The molecule has 1 aliphatic rings. The van der Waals surface area contributed by atoms with Gasteiger partial charge in [-0.3, -0.25) is 0 Å². The Kier molecular flexibility index (Phi) is 5.85. The number of benzene rings is 1. The summed E-state index contributed by atoms with van der Waals surface area (Å²) < 4.78 is 19.0. The van der Waals surface area contributed by atoms with Crippen molar-refractivity contribution in [3.05, 3.63) is 59.5 Å². The van der Waals surface area contributed by atoms with Crippen LogP contribution in [0, 0.1) is 12.7 Å². The fourth-order valence-corrected chi connectivity index (χ4v) is 3.67. The SMILES string of the molecule is Cc1cnc(-c2cnc(NCCN3CCCC3)c(C(C)c3ccc(F)cc3)n2)o1. The van der Waals surface area contributed by atoms with Gasteiger partial charge in [0.2, 0.25) is 5.89 Å². The molecule has 0 aliphatic carbocycles. The van der Waals surface area contributed by atoms with Gasteiger partial charge in [0.15, 0.2) is 0 Å². The van der Waals surface area contributed by atoms with E-state index in [1.165, 1.54) is 25.0 Å². The molecule has 0 spiro atoms. The van der Waals surface area contributed by atoms with Crippen molar-refractivity contribution in [3.63, 3.8) is 0 Å². The second kappa shape index (κ2) is 8.69. The molecule has 152 valence electrons. The van der Waals surface area contributed by atoms with Crippen molar-refractivity contribution in [2.75, 3.05) is 31.5 Å². The largest absolute Gasteiger partial charge is 0.440 e. The van der Waals surface area contributed by atoms with Gasteiger partial charge in [-0.1, -0.05) is 19.1 Å². The Morgan fingerprint density at radius 1 is 1.14 bits per heavy atom. The molecule has 0 radical (unpaired) electrons. The summed E-state index contributed by atoms with van der Waals surface area (Å²) in [7, 11) is 0. The average molecular weight is 395 g/mol. The van der Waals surface area contributed by atoms with Gasteiger partial charge in [-0.05, 0) is 50.6 Å². The summed E-state index contributed by atoms with van der Waals surface area (Å²) >= 11 is 0. The zero-order valence-electron chi connectivity index (χ0n) is 16.9. The number of nitrogens with zero attached hydrogens (tertiary/aromatic N) is 4. The van der Waals surface area contributed by atoms with Gasteiger partial charge in [-0.15, -0.1) is 0 Å². The molecule has 0 amide bonds. The molecule has 1 aromatic carbocycles. The number of aromatic nitrogens is 3. The Labute approximate surface area is 170 Å². The minimum Gasteiger partial charge on any atom is -0.440 e. The van der Waals surface area contributed by atoms with Crippen molar-refractivity contribution in [2.24, 2.45) is 0 Å². The van der Waals surface area contributed by atoms with Crippen molar-refractivity contribution in [2.45, 2.75) is 32.6 Å². The number of likely N-dealkylation sites (tertiary alicyclic amines) is 1. The summed E-state index contributed by atoms with van der Waals surface area (Å²) in [5, 5.41) is 3.45. The first kappa shape index (κ1) is 19.5. The van der Waals surface area contributed by atoms with E-state index in [1.807, 2.05) is 13.8 Å². The Hall–Kier alpha value is -2.80. The van der Waals surface area contributed by atoms with Crippen LogP contribution in [0.3, 0.4) is 0 Å². The van der Waals surface area contributed by atoms with Crippen LogP contribution in [0.15, 0.2) is 41.1 Å². The molecule has 0 saturated carbocycles. The van der Waals surface area contributed by atoms with E-state index in [-0.39, 0.29) is 11.7 Å². The first-order chi connectivity index (χ1) is 14.1. The van der Waals surface area contributed by atoms with Crippen molar-refractivity contribution in [1.82, 2.24) is 19.9 Å². The van der Waals surface area contributed by atoms with E-state index in [0.717, 1.165) is 49.0 Å². The zero-order chi connectivity index (χ0) is 20.2. The van der Waals surface area contributed by atoms with Gasteiger partial charge in [0.05, 0.1) is 18.1 Å². The van der Waals surface area contributed by atoms with Gasteiger partial charge >= 0.3 is 0 Å². The highest BCUT2D eigenvalue weighted by atomic mass is 19.1. The van der Waals surface area contributed by atoms with Crippen LogP contribution in [0.5, 0.6) is 0 Å². The van der Waals surface area contributed by atoms with Crippen molar-refractivity contribution < 1.29 is 8.81 Å². The van der Waals surface area contributed by atoms with Crippen LogP contribution in [-0.4, -0.2) is 46.0 Å². The average Bonchev–Trinajstić information content (AvgIpc) is 3.40. The molecule has 1 fully saturated rings. The van der Waals surface area contributed by atoms with E-state index in [9.17, 15) is 4.39 Å². The van der Waals surface area contributed by atoms with E-state index >= 15 is 0 Å². The molecule has 1 unspecified atom stereocenters. The maximum atomic E-state index is 13.4. The highest BCUT2D eigenvalue weighted by Gasteiger charge is 2.19.